The lowest BCUT2D eigenvalue weighted by molar-refractivity contribution is 0.715. The van der Waals surface area contributed by atoms with E-state index < -0.39 is 0 Å². The predicted octanol–water partition coefficient (Wildman–Crippen LogP) is 3.66. The van der Waals surface area contributed by atoms with Crippen molar-refractivity contribution in [2.24, 2.45) is 0 Å². The number of nitrogens with two attached hydrogens (primary N) is 2. The van der Waals surface area contributed by atoms with Crippen LogP contribution in [0.2, 0.25) is 0 Å². The first-order chi connectivity index (χ1) is 12.4. The summed E-state index contributed by atoms with van der Waals surface area (Å²) >= 11 is 1.73. The van der Waals surface area contributed by atoms with Gasteiger partial charge in [0.1, 0.15) is 5.82 Å². The fraction of sp³-hybridized carbons (Fsp3) is 0.250. The monoisotopic (exact) mass is 363 g/mol. The number of hydrogen-bond acceptors (Lipinski definition) is 6. The molecule has 3 rings (SSSR count). The molecule has 0 saturated heterocycles. The summed E-state index contributed by atoms with van der Waals surface area (Å²) in [5.41, 5.74) is 14.0. The maximum Gasteiger partial charge on any atom is 0.222 e. The van der Waals surface area contributed by atoms with Crippen molar-refractivity contribution in [3.8, 4) is 22.3 Å². The van der Waals surface area contributed by atoms with Crippen molar-refractivity contribution in [3.05, 3.63) is 52.8 Å². The number of aromatic nitrogens is 3. The average molecular weight is 363 g/mol. The van der Waals surface area contributed by atoms with E-state index in [1.807, 2.05) is 19.1 Å². The van der Waals surface area contributed by atoms with Crippen molar-refractivity contribution in [1.29, 1.82) is 0 Å². The van der Waals surface area contributed by atoms with Crippen molar-refractivity contribution in [2.45, 2.75) is 32.6 Å². The fourth-order valence-electron chi connectivity index (χ4n) is 2.56. The normalized spacial score (nSPS) is 11.0. The lowest BCUT2D eigenvalue weighted by Crippen LogP contribution is -2.13. The van der Waals surface area contributed by atoms with Gasteiger partial charge in [-0.2, -0.15) is 4.98 Å². The minimum atomic E-state index is -0.325. The molecule has 0 bridgehead atoms. The van der Waals surface area contributed by atoms with Gasteiger partial charge >= 0.3 is 0 Å². The first kappa shape index (κ1) is 17.9. The average Bonchev–Trinajstić information content (AvgIpc) is 3.12. The summed E-state index contributed by atoms with van der Waals surface area (Å²) in [5.74, 6) is 7.05. The predicted molar refractivity (Wildman–Crippen MR) is 108 cm³/mol. The van der Waals surface area contributed by atoms with E-state index in [4.69, 9.17) is 11.5 Å². The van der Waals surface area contributed by atoms with Gasteiger partial charge in [0.05, 0.1) is 16.7 Å². The van der Waals surface area contributed by atoms with Crippen LogP contribution in [-0.4, -0.2) is 15.0 Å². The van der Waals surface area contributed by atoms with E-state index in [0.717, 1.165) is 11.3 Å². The van der Waals surface area contributed by atoms with Gasteiger partial charge < -0.3 is 11.5 Å². The van der Waals surface area contributed by atoms with Crippen molar-refractivity contribution in [3.63, 3.8) is 0 Å². The molecular formula is C20H21N5S. The van der Waals surface area contributed by atoms with Gasteiger partial charge in [0.25, 0.3) is 0 Å². The molecular weight excluding hydrogens is 342 g/mol. The van der Waals surface area contributed by atoms with E-state index >= 15 is 0 Å². The number of hydrogen-bond donors (Lipinski definition) is 2. The van der Waals surface area contributed by atoms with E-state index in [1.54, 1.807) is 23.7 Å². The Morgan fingerprint density at radius 2 is 1.81 bits per heavy atom. The number of nitrogen functional groups attached to an aromatic ring is 2. The summed E-state index contributed by atoms with van der Waals surface area (Å²) < 4.78 is 0. The number of pyridine rings is 1. The van der Waals surface area contributed by atoms with Crippen LogP contribution < -0.4 is 11.5 Å². The Hall–Kier alpha value is -2.91. The van der Waals surface area contributed by atoms with Crippen LogP contribution in [0.25, 0.3) is 10.4 Å². The van der Waals surface area contributed by atoms with Crippen LogP contribution in [0.3, 0.4) is 0 Å². The third-order valence-corrected chi connectivity index (χ3v) is 5.51. The molecule has 0 fully saturated rings. The highest BCUT2D eigenvalue weighted by Crippen LogP contribution is 2.35. The Morgan fingerprint density at radius 1 is 1.08 bits per heavy atom. The van der Waals surface area contributed by atoms with Crippen LogP contribution in [-0.2, 0) is 11.8 Å². The maximum absolute atomic E-state index is 6.01. The van der Waals surface area contributed by atoms with Crippen molar-refractivity contribution < 1.29 is 0 Å². The van der Waals surface area contributed by atoms with Gasteiger partial charge in [0.2, 0.25) is 5.95 Å². The number of nitrogens with zero attached hydrogens (tertiary/aromatic N) is 3. The molecule has 0 aromatic carbocycles. The molecule has 0 unspecified atom stereocenters. The number of rotatable bonds is 3. The second kappa shape index (κ2) is 7.14. The third kappa shape index (κ3) is 3.68. The van der Waals surface area contributed by atoms with Gasteiger partial charge in [0.15, 0.2) is 0 Å². The molecule has 3 aromatic rings. The minimum Gasteiger partial charge on any atom is -0.382 e. The summed E-state index contributed by atoms with van der Waals surface area (Å²) in [6, 6.07) is 8.26. The summed E-state index contributed by atoms with van der Waals surface area (Å²) in [4.78, 5) is 14.7. The third-order valence-electron chi connectivity index (χ3n) is 4.05. The highest BCUT2D eigenvalue weighted by Gasteiger charge is 2.21. The largest absolute Gasteiger partial charge is 0.382 e. The van der Waals surface area contributed by atoms with Crippen LogP contribution in [0.1, 0.15) is 36.9 Å². The standard InChI is InChI=1S/C20H21N5S/c1-4-15-14(18(21)25-19(22)24-15)7-10-20(2,3)17-6-5-16(26-17)13-8-11-23-12-9-13/h5-6,8-9,11-12H,4H2,1-3H3,(H4,21,22,24,25). The lowest BCUT2D eigenvalue weighted by atomic mass is 9.92. The Bertz CT molecular complexity index is 980. The molecule has 3 heterocycles. The minimum absolute atomic E-state index is 0.185. The molecule has 0 aliphatic carbocycles. The lowest BCUT2D eigenvalue weighted by Gasteiger charge is -2.15. The zero-order chi connectivity index (χ0) is 18.7. The number of thiophene rings is 1. The molecule has 0 radical (unpaired) electrons. The van der Waals surface area contributed by atoms with Crippen molar-refractivity contribution >= 4 is 23.1 Å². The SMILES string of the molecule is CCc1nc(N)nc(N)c1C#CC(C)(C)c1ccc(-c2ccncc2)s1. The van der Waals surface area contributed by atoms with Crippen LogP contribution in [0.15, 0.2) is 36.7 Å². The first-order valence-corrected chi connectivity index (χ1v) is 9.18. The van der Waals surface area contributed by atoms with Crippen molar-refractivity contribution in [2.75, 3.05) is 11.5 Å². The first-order valence-electron chi connectivity index (χ1n) is 8.36. The molecule has 132 valence electrons. The van der Waals surface area contributed by atoms with E-state index in [2.05, 4.69) is 52.8 Å². The van der Waals surface area contributed by atoms with E-state index in [1.165, 1.54) is 9.75 Å². The second-order valence-electron chi connectivity index (χ2n) is 6.42. The molecule has 4 N–H and O–H groups in total. The molecule has 26 heavy (non-hydrogen) atoms. The quantitative estimate of drug-likeness (QED) is 0.693. The molecule has 0 aliphatic heterocycles. The summed E-state index contributed by atoms with van der Waals surface area (Å²) in [6.07, 6.45) is 4.30. The summed E-state index contributed by atoms with van der Waals surface area (Å²) in [5, 5.41) is 0. The molecule has 0 saturated carbocycles. The highest BCUT2D eigenvalue weighted by molar-refractivity contribution is 7.15. The fourth-order valence-corrected chi connectivity index (χ4v) is 3.63. The molecule has 0 amide bonds. The molecule has 0 aliphatic rings. The van der Waals surface area contributed by atoms with Crippen LogP contribution in [0.4, 0.5) is 11.8 Å². The van der Waals surface area contributed by atoms with Gasteiger partial charge in [-0.25, -0.2) is 4.98 Å². The number of anilines is 2. The van der Waals surface area contributed by atoms with E-state index in [0.29, 0.717) is 17.8 Å². The van der Waals surface area contributed by atoms with Gasteiger partial charge in [-0.05, 0) is 50.1 Å². The molecule has 6 heteroatoms. The molecule has 5 nitrogen and oxygen atoms in total. The van der Waals surface area contributed by atoms with Gasteiger partial charge in [0, 0.05) is 22.1 Å². The van der Waals surface area contributed by atoms with Crippen LogP contribution >= 0.6 is 11.3 Å². The van der Waals surface area contributed by atoms with Gasteiger partial charge in [-0.1, -0.05) is 18.8 Å². The van der Waals surface area contributed by atoms with Crippen LogP contribution in [0.5, 0.6) is 0 Å². The highest BCUT2D eigenvalue weighted by atomic mass is 32.1. The number of aryl methyl sites for hydroxylation is 1. The van der Waals surface area contributed by atoms with E-state index in [9.17, 15) is 0 Å². The topological polar surface area (TPSA) is 90.7 Å². The zero-order valence-corrected chi connectivity index (χ0v) is 15.9. The Balaban J connectivity index is 1.94. The smallest absolute Gasteiger partial charge is 0.222 e. The zero-order valence-electron chi connectivity index (χ0n) is 15.1. The van der Waals surface area contributed by atoms with Crippen molar-refractivity contribution in [1.82, 2.24) is 15.0 Å². The Kier molecular flexibility index (Phi) is 4.92. The van der Waals surface area contributed by atoms with Gasteiger partial charge in [-0.3, -0.25) is 4.98 Å². The van der Waals surface area contributed by atoms with Crippen LogP contribution in [0, 0.1) is 11.8 Å². The second-order valence-corrected chi connectivity index (χ2v) is 7.50. The Morgan fingerprint density at radius 3 is 2.50 bits per heavy atom. The maximum atomic E-state index is 6.01. The van der Waals surface area contributed by atoms with E-state index in [-0.39, 0.29) is 11.4 Å². The summed E-state index contributed by atoms with van der Waals surface area (Å²) in [7, 11) is 0. The molecule has 0 atom stereocenters. The summed E-state index contributed by atoms with van der Waals surface area (Å²) in [6.45, 7) is 6.20. The Labute approximate surface area is 157 Å². The molecule has 3 aromatic heterocycles. The van der Waals surface area contributed by atoms with Gasteiger partial charge in [-0.15, -0.1) is 11.3 Å². The molecule has 0 spiro atoms.